The molecule has 2 N–H and O–H groups in total. The van der Waals surface area contributed by atoms with Crippen molar-refractivity contribution >= 4 is 34.7 Å². The van der Waals surface area contributed by atoms with Crippen LogP contribution >= 0.6 is 0 Å². The molecule has 0 fully saturated rings. The number of rotatable bonds is 9. The Bertz CT molecular complexity index is 1250. The first kappa shape index (κ1) is 25.3. The fraction of sp³-hybridized carbons (Fsp3) is 0.240. The summed E-state index contributed by atoms with van der Waals surface area (Å²) in [6.45, 7) is 2.26. The second kappa shape index (κ2) is 11.8. The number of aldehydes is 1. The third kappa shape index (κ3) is 6.25. The summed E-state index contributed by atoms with van der Waals surface area (Å²) in [5, 5.41) is 9.08. The zero-order chi connectivity index (χ0) is 25.5. The first-order valence-electron chi connectivity index (χ1n) is 11.3. The minimum absolute atomic E-state index is 0.0502. The maximum Gasteiger partial charge on any atom is 0.293 e. The maximum absolute atomic E-state index is 12.3. The Hall–Kier alpha value is -3.80. The normalized spacial score (nSPS) is 18.3. The minimum Gasteiger partial charge on any atom is -0.340 e. The largest absolute Gasteiger partial charge is 0.340 e. The number of ether oxygens (including phenoxy) is 1. The Labute approximate surface area is 210 Å². The molecule has 3 atom stereocenters. The van der Waals surface area contributed by atoms with Gasteiger partial charge >= 0.3 is 0 Å². The molecule has 1 aliphatic rings. The van der Waals surface area contributed by atoms with Gasteiger partial charge in [-0.2, -0.15) is 5.10 Å². The molecule has 4 rings (SSSR count). The molecule has 3 aromatic rings. The van der Waals surface area contributed by atoms with Crippen LogP contribution in [0.2, 0.25) is 0 Å². The van der Waals surface area contributed by atoms with Gasteiger partial charge in [-0.05, 0) is 35.7 Å². The first-order valence-corrected chi connectivity index (χ1v) is 12.5. The van der Waals surface area contributed by atoms with Gasteiger partial charge in [0.05, 0.1) is 18.0 Å². The van der Waals surface area contributed by atoms with E-state index in [4.69, 9.17) is 14.4 Å². The fourth-order valence-electron chi connectivity index (χ4n) is 3.72. The van der Waals surface area contributed by atoms with Gasteiger partial charge in [0, 0.05) is 23.6 Å². The van der Waals surface area contributed by atoms with Gasteiger partial charge in [0.15, 0.2) is 17.4 Å². The average molecular weight is 508 g/mol. The summed E-state index contributed by atoms with van der Waals surface area (Å²) in [4.78, 5) is 31.9. The summed E-state index contributed by atoms with van der Waals surface area (Å²) in [6, 6.07) is 16.0. The van der Waals surface area contributed by atoms with Crippen LogP contribution in [0.4, 0.5) is 5.69 Å². The number of aromatic nitrogens is 2. The number of carbonyl (C=O) groups excluding carboxylic acids is 2. The molecule has 0 radical (unpaired) electrons. The van der Waals surface area contributed by atoms with E-state index < -0.39 is 23.2 Å². The van der Waals surface area contributed by atoms with E-state index in [-0.39, 0.29) is 17.7 Å². The number of nitrogens with zero attached hydrogens (tertiary/aromatic N) is 4. The predicted molar refractivity (Wildman–Crippen MR) is 134 cm³/mol. The lowest BCUT2D eigenvalue weighted by Crippen LogP contribution is -2.45. The van der Waals surface area contributed by atoms with Crippen LogP contribution in [-0.4, -0.2) is 54.0 Å². The molecule has 186 valence electrons. The molecule has 11 heteroatoms. The predicted octanol–water partition coefficient (Wildman–Crippen LogP) is 2.99. The molecule has 0 spiro atoms. The highest BCUT2D eigenvalue weighted by molar-refractivity contribution is 7.78. The van der Waals surface area contributed by atoms with Crippen molar-refractivity contribution in [1.29, 1.82) is 0 Å². The van der Waals surface area contributed by atoms with E-state index >= 15 is 0 Å². The summed E-state index contributed by atoms with van der Waals surface area (Å²) < 4.78 is 26.2. The Kier molecular flexibility index (Phi) is 8.26. The summed E-state index contributed by atoms with van der Waals surface area (Å²) in [5.41, 5.74) is 3.66. The topological polar surface area (TPSA) is 134 Å². The van der Waals surface area contributed by atoms with Crippen molar-refractivity contribution in [3.8, 4) is 0 Å². The summed E-state index contributed by atoms with van der Waals surface area (Å²) in [5.74, 6) is -0.287. The Balaban J connectivity index is 1.50. The van der Waals surface area contributed by atoms with E-state index in [9.17, 15) is 13.8 Å². The van der Waals surface area contributed by atoms with Gasteiger partial charge in [-0.15, -0.1) is 0 Å². The van der Waals surface area contributed by atoms with Crippen LogP contribution < -0.4 is 5.32 Å². The van der Waals surface area contributed by atoms with E-state index in [1.165, 1.54) is 12.4 Å². The number of hydrazone groups is 1. The molecule has 2 heterocycles. The molecule has 0 aliphatic carbocycles. The van der Waals surface area contributed by atoms with Crippen LogP contribution in [0.3, 0.4) is 0 Å². The lowest BCUT2D eigenvalue weighted by Gasteiger charge is -2.35. The van der Waals surface area contributed by atoms with E-state index in [0.29, 0.717) is 24.4 Å². The van der Waals surface area contributed by atoms with Gasteiger partial charge < -0.3 is 14.6 Å². The Morgan fingerprint density at radius 2 is 1.78 bits per heavy atom. The number of amides is 1. The molecular formula is C25H25N5O5S. The highest BCUT2D eigenvalue weighted by Gasteiger charge is 2.31. The van der Waals surface area contributed by atoms with Crippen molar-refractivity contribution in [3.63, 3.8) is 0 Å². The highest BCUT2D eigenvalue weighted by Crippen LogP contribution is 2.23. The molecule has 1 amide bonds. The number of carbonyl (C=O) groups is 2. The summed E-state index contributed by atoms with van der Waals surface area (Å²) in [6.07, 6.45) is 3.13. The van der Waals surface area contributed by atoms with Gasteiger partial charge in [-0.3, -0.25) is 14.6 Å². The standard InChI is InChI=1S/C25H25N5O5S/c1-2-21-23(19-8-4-18(5-9-19)16-36(33)34)29-30(22(15-31)35-21)14-17-6-10-20(11-7-17)28-25(32)24-26-12-3-13-27-24/h3-13,15,21-22H,2,14,16H2,1H3,(H,28,32)(H,33,34). The van der Waals surface area contributed by atoms with Crippen LogP contribution in [0.25, 0.3) is 0 Å². The molecule has 3 unspecified atom stereocenters. The summed E-state index contributed by atoms with van der Waals surface area (Å²) in [7, 11) is 0. The van der Waals surface area contributed by atoms with Crippen LogP contribution in [0.5, 0.6) is 0 Å². The van der Waals surface area contributed by atoms with Gasteiger partial charge in [0.2, 0.25) is 12.1 Å². The highest BCUT2D eigenvalue weighted by atomic mass is 32.2. The van der Waals surface area contributed by atoms with Crippen LogP contribution in [0, 0.1) is 0 Å². The molecule has 2 aromatic carbocycles. The molecule has 0 saturated carbocycles. The quantitative estimate of drug-likeness (QED) is 0.333. The van der Waals surface area contributed by atoms with Crippen LogP contribution in [0.15, 0.2) is 72.1 Å². The van der Waals surface area contributed by atoms with Crippen molar-refractivity contribution in [2.45, 2.75) is 38.0 Å². The van der Waals surface area contributed by atoms with Gasteiger partial charge in [0.1, 0.15) is 6.10 Å². The van der Waals surface area contributed by atoms with Crippen LogP contribution in [0.1, 0.15) is 40.7 Å². The molecule has 0 bridgehead atoms. The molecule has 36 heavy (non-hydrogen) atoms. The van der Waals surface area contributed by atoms with E-state index in [1.54, 1.807) is 35.3 Å². The van der Waals surface area contributed by atoms with Crippen molar-refractivity contribution < 1.29 is 23.1 Å². The maximum atomic E-state index is 12.3. The van der Waals surface area contributed by atoms with Gasteiger partial charge in [-0.1, -0.05) is 43.3 Å². The SMILES string of the molecule is CCC1OC(C=O)N(Cc2ccc(NC(=O)c3ncccn3)cc2)N=C1c1ccc(CS(=O)O)cc1. The number of hydrogen-bond acceptors (Lipinski definition) is 8. The van der Waals surface area contributed by atoms with Crippen molar-refractivity contribution in [2.75, 3.05) is 5.32 Å². The van der Waals surface area contributed by atoms with Crippen LogP contribution in [-0.2, 0) is 32.9 Å². The first-order chi connectivity index (χ1) is 17.5. The Morgan fingerprint density at radius 3 is 2.39 bits per heavy atom. The van der Waals surface area contributed by atoms with Crippen molar-refractivity contribution in [2.24, 2.45) is 5.10 Å². The Morgan fingerprint density at radius 1 is 1.11 bits per heavy atom. The third-order valence-electron chi connectivity index (χ3n) is 5.49. The molecule has 1 aromatic heterocycles. The fourth-order valence-corrected chi connectivity index (χ4v) is 4.20. The molecule has 0 saturated heterocycles. The van der Waals surface area contributed by atoms with E-state index in [0.717, 1.165) is 23.0 Å². The number of hydrogen-bond donors (Lipinski definition) is 2. The average Bonchev–Trinajstić information content (AvgIpc) is 2.90. The molecular weight excluding hydrogens is 482 g/mol. The number of anilines is 1. The van der Waals surface area contributed by atoms with Crippen molar-refractivity contribution in [1.82, 2.24) is 15.0 Å². The van der Waals surface area contributed by atoms with Gasteiger partial charge in [-0.25, -0.2) is 14.2 Å². The van der Waals surface area contributed by atoms with Crippen molar-refractivity contribution in [3.05, 3.63) is 89.5 Å². The third-order valence-corrected chi connectivity index (χ3v) is 6.07. The number of benzene rings is 2. The lowest BCUT2D eigenvalue weighted by atomic mass is 10.0. The van der Waals surface area contributed by atoms with E-state index in [2.05, 4.69) is 15.3 Å². The minimum atomic E-state index is -1.92. The zero-order valence-electron chi connectivity index (χ0n) is 19.5. The molecule has 10 nitrogen and oxygen atoms in total. The zero-order valence-corrected chi connectivity index (χ0v) is 20.3. The second-order valence-corrected chi connectivity index (χ2v) is 8.96. The lowest BCUT2D eigenvalue weighted by molar-refractivity contribution is -0.139. The monoisotopic (exact) mass is 507 g/mol. The second-order valence-electron chi connectivity index (χ2n) is 8.03. The smallest absolute Gasteiger partial charge is 0.293 e. The van der Waals surface area contributed by atoms with Gasteiger partial charge in [0.25, 0.3) is 5.91 Å². The summed E-state index contributed by atoms with van der Waals surface area (Å²) >= 11 is -1.92. The molecule has 1 aliphatic heterocycles. The van der Waals surface area contributed by atoms with E-state index in [1.807, 2.05) is 31.2 Å². The number of nitrogens with one attached hydrogen (secondary N) is 1.